The molecule has 1 aromatic carbocycles. The number of hydrogen-bond acceptors (Lipinski definition) is 6. The van der Waals surface area contributed by atoms with Crippen molar-refractivity contribution in [1.82, 2.24) is 0 Å². The van der Waals surface area contributed by atoms with Crippen molar-refractivity contribution in [3.8, 4) is 11.7 Å². The first-order valence-corrected chi connectivity index (χ1v) is 8.05. The summed E-state index contributed by atoms with van der Waals surface area (Å²) in [6, 6.07) is 7.49. The first kappa shape index (κ1) is 18.7. The quantitative estimate of drug-likeness (QED) is 0.465. The van der Waals surface area contributed by atoms with Crippen LogP contribution in [-0.2, 0) is 6.42 Å². The molecule has 7 heteroatoms. The van der Waals surface area contributed by atoms with Crippen LogP contribution in [0.15, 0.2) is 38.5 Å². The Morgan fingerprint density at radius 2 is 1.80 bits per heavy atom. The first-order chi connectivity index (χ1) is 11.8. The average molecular weight is 364 g/mol. The Bertz CT molecular complexity index is 868. The van der Waals surface area contributed by atoms with Crippen LogP contribution < -0.4 is 5.63 Å². The Labute approximate surface area is 149 Å². The van der Waals surface area contributed by atoms with E-state index in [0.717, 1.165) is 25.3 Å². The topological polar surface area (TPSA) is 100 Å². The lowest BCUT2D eigenvalue weighted by Gasteiger charge is -2.07. The predicted octanol–water partition coefficient (Wildman–Crippen LogP) is 3.35. The van der Waals surface area contributed by atoms with Gasteiger partial charge in [-0.15, -0.1) is 0 Å². The van der Waals surface area contributed by atoms with Gasteiger partial charge < -0.3 is 14.6 Å². The highest BCUT2D eigenvalue weighted by Crippen LogP contribution is 2.28. The number of hydrogen-bond donors (Lipinski definition) is 2. The lowest BCUT2D eigenvalue weighted by molar-refractivity contribution is 0.100. The Morgan fingerprint density at radius 3 is 2.40 bits per heavy atom. The van der Waals surface area contributed by atoms with Gasteiger partial charge in [0.1, 0.15) is 16.9 Å². The summed E-state index contributed by atoms with van der Waals surface area (Å²) < 4.78 is 4.62. The van der Waals surface area contributed by atoms with Crippen molar-refractivity contribution in [1.29, 1.82) is 0 Å². The molecular weight excluding hydrogens is 346 g/mol. The maximum Gasteiger partial charge on any atom is 0.351 e. The largest absolute Gasteiger partial charge is 0.506 e. The number of ketones is 1. The molecule has 0 atom stereocenters. The van der Waals surface area contributed by atoms with E-state index < -0.39 is 28.7 Å². The molecule has 6 nitrogen and oxygen atoms in total. The average Bonchev–Trinajstić information content (AvgIpc) is 2.52. The van der Waals surface area contributed by atoms with Gasteiger partial charge in [-0.2, -0.15) is 0 Å². The monoisotopic (exact) mass is 363 g/mol. The lowest BCUT2D eigenvalue weighted by Crippen LogP contribution is -2.15. The lowest BCUT2D eigenvalue weighted by atomic mass is 10.1. The van der Waals surface area contributed by atoms with Crippen LogP contribution in [-0.4, -0.2) is 28.3 Å². The van der Waals surface area contributed by atoms with Crippen molar-refractivity contribution in [2.45, 2.75) is 26.7 Å². The highest BCUT2D eigenvalue weighted by Gasteiger charge is 2.23. The van der Waals surface area contributed by atoms with Crippen molar-refractivity contribution >= 4 is 23.1 Å². The fourth-order valence-corrected chi connectivity index (χ4v) is 2.54. The summed E-state index contributed by atoms with van der Waals surface area (Å²) in [6.07, 6.45) is 1.51. The van der Waals surface area contributed by atoms with Crippen LogP contribution in [0.25, 0.3) is 0 Å². The van der Waals surface area contributed by atoms with E-state index in [1.54, 1.807) is 0 Å². The first-order valence-electron chi connectivity index (χ1n) is 7.67. The maximum atomic E-state index is 11.9. The van der Waals surface area contributed by atoms with Crippen LogP contribution >= 0.6 is 11.6 Å². The number of halogens is 1. The van der Waals surface area contributed by atoms with Gasteiger partial charge >= 0.3 is 5.63 Å². The number of carbonyl (C=O) groups excluding carboxylic acids is 1. The smallest absolute Gasteiger partial charge is 0.351 e. The minimum Gasteiger partial charge on any atom is -0.506 e. The second kappa shape index (κ2) is 7.98. The number of rotatable bonds is 6. The number of Topliss-reactive ketones (excluding diaryl/α,β-unsaturated/α-hetero) is 1. The predicted molar refractivity (Wildman–Crippen MR) is 95.2 cm³/mol. The summed E-state index contributed by atoms with van der Waals surface area (Å²) >= 11 is 5.83. The third-order valence-electron chi connectivity index (χ3n) is 3.68. The molecule has 1 heterocycles. The molecule has 1 aromatic heterocycles. The van der Waals surface area contributed by atoms with Crippen molar-refractivity contribution in [2.24, 2.45) is 4.99 Å². The second-order valence-electron chi connectivity index (χ2n) is 5.55. The Hall–Kier alpha value is -2.60. The highest BCUT2D eigenvalue weighted by molar-refractivity contribution is 6.30. The zero-order valence-corrected chi connectivity index (χ0v) is 14.6. The molecule has 0 spiro atoms. The molecule has 0 fully saturated rings. The van der Waals surface area contributed by atoms with Gasteiger partial charge in [0.05, 0.1) is 5.71 Å². The molecule has 132 valence electrons. The fraction of sp³-hybridized carbons (Fsp3) is 0.278. The van der Waals surface area contributed by atoms with Crippen molar-refractivity contribution in [3.05, 3.63) is 56.4 Å². The number of nitrogens with zero attached hydrogens (tertiary/aromatic N) is 1. The number of aryl methyl sites for hydroxylation is 1. The molecule has 2 rings (SSSR count). The van der Waals surface area contributed by atoms with Crippen LogP contribution in [0.1, 0.15) is 41.8 Å². The van der Waals surface area contributed by atoms with Gasteiger partial charge in [0.15, 0.2) is 5.78 Å². The summed E-state index contributed by atoms with van der Waals surface area (Å²) in [6.45, 7) is 3.11. The Morgan fingerprint density at radius 1 is 1.16 bits per heavy atom. The summed E-state index contributed by atoms with van der Waals surface area (Å²) in [4.78, 5) is 27.6. The van der Waals surface area contributed by atoms with Crippen LogP contribution in [0.3, 0.4) is 0 Å². The van der Waals surface area contributed by atoms with E-state index in [1.807, 2.05) is 24.3 Å². The molecule has 0 aliphatic rings. The number of aliphatic imine (C=N–C) groups is 1. The van der Waals surface area contributed by atoms with E-state index in [9.17, 15) is 19.8 Å². The van der Waals surface area contributed by atoms with E-state index in [1.165, 1.54) is 6.92 Å². The van der Waals surface area contributed by atoms with Crippen LogP contribution in [0, 0.1) is 0 Å². The molecule has 0 bridgehead atoms. The van der Waals surface area contributed by atoms with E-state index in [2.05, 4.69) is 9.41 Å². The maximum absolute atomic E-state index is 11.9. The number of aromatic hydroxyl groups is 2. The molecule has 0 amide bonds. The number of carbonyl (C=O) groups is 1. The standard InChI is InChI=1S/C18H18ClNO5/c1-10(20-9-3-4-12-5-7-13(19)8-6-12)14-16(22)15(11(2)21)18(24)25-17(14)23/h5-8,22,24H,3-4,9H2,1-2H3. The summed E-state index contributed by atoms with van der Waals surface area (Å²) in [7, 11) is 0. The van der Waals surface area contributed by atoms with Gasteiger partial charge in [-0.25, -0.2) is 4.79 Å². The molecule has 0 aliphatic heterocycles. The molecule has 2 aromatic rings. The number of benzene rings is 1. The van der Waals surface area contributed by atoms with Gasteiger partial charge in [0.2, 0.25) is 0 Å². The molecule has 25 heavy (non-hydrogen) atoms. The SMILES string of the molecule is CC(=O)c1c(O)oc(=O)c(C(C)=NCCCc2ccc(Cl)cc2)c1O. The molecule has 2 N–H and O–H groups in total. The summed E-state index contributed by atoms with van der Waals surface area (Å²) in [5.41, 5.74) is -0.230. The highest BCUT2D eigenvalue weighted by atomic mass is 35.5. The Balaban J connectivity index is 2.14. The van der Waals surface area contributed by atoms with Crippen molar-refractivity contribution in [2.75, 3.05) is 6.54 Å². The van der Waals surface area contributed by atoms with E-state index >= 15 is 0 Å². The van der Waals surface area contributed by atoms with Gasteiger partial charge in [0.25, 0.3) is 5.95 Å². The van der Waals surface area contributed by atoms with Gasteiger partial charge in [-0.1, -0.05) is 23.7 Å². The molecule has 0 aliphatic carbocycles. The molecule has 0 saturated heterocycles. The Kier molecular flexibility index (Phi) is 5.98. The summed E-state index contributed by atoms with van der Waals surface area (Å²) in [5.74, 6) is -2.12. The van der Waals surface area contributed by atoms with E-state index in [-0.39, 0.29) is 11.3 Å². The van der Waals surface area contributed by atoms with E-state index in [4.69, 9.17) is 11.6 Å². The third kappa shape index (κ3) is 4.48. The van der Waals surface area contributed by atoms with Gasteiger partial charge in [-0.3, -0.25) is 9.79 Å². The second-order valence-corrected chi connectivity index (χ2v) is 5.98. The van der Waals surface area contributed by atoms with E-state index in [0.29, 0.717) is 11.6 Å². The molecule has 0 radical (unpaired) electrons. The van der Waals surface area contributed by atoms with Crippen LogP contribution in [0.4, 0.5) is 0 Å². The normalized spacial score (nSPS) is 11.6. The van der Waals surface area contributed by atoms with Crippen molar-refractivity contribution in [3.63, 3.8) is 0 Å². The third-order valence-corrected chi connectivity index (χ3v) is 3.93. The fourth-order valence-electron chi connectivity index (χ4n) is 2.41. The van der Waals surface area contributed by atoms with Crippen LogP contribution in [0.2, 0.25) is 5.02 Å². The van der Waals surface area contributed by atoms with Gasteiger partial charge in [0, 0.05) is 11.6 Å². The zero-order chi connectivity index (χ0) is 18.6. The molecule has 0 unspecified atom stereocenters. The zero-order valence-electron chi connectivity index (χ0n) is 13.9. The molecule has 0 saturated carbocycles. The minimum atomic E-state index is -0.945. The van der Waals surface area contributed by atoms with Gasteiger partial charge in [-0.05, 0) is 44.4 Å². The van der Waals surface area contributed by atoms with Crippen LogP contribution in [0.5, 0.6) is 11.7 Å². The minimum absolute atomic E-state index is 0.213. The summed E-state index contributed by atoms with van der Waals surface area (Å²) in [5, 5.41) is 20.3. The van der Waals surface area contributed by atoms with Crippen molar-refractivity contribution < 1.29 is 19.4 Å². The molecular formula is C18H18ClNO5.